The van der Waals surface area contributed by atoms with Crippen LogP contribution in [0.25, 0.3) is 0 Å². The Kier molecular flexibility index (Phi) is 12.9. The molecule has 0 amide bonds. The second-order valence-electron chi connectivity index (χ2n) is 6.67. The summed E-state index contributed by atoms with van der Waals surface area (Å²) in [4.78, 5) is 0. The highest BCUT2D eigenvalue weighted by molar-refractivity contribution is 4.48. The lowest BCUT2D eigenvalue weighted by molar-refractivity contribution is -0.889. The summed E-state index contributed by atoms with van der Waals surface area (Å²) < 4.78 is 1.16. The highest BCUT2D eigenvalue weighted by Gasteiger charge is 2.12. The third-order valence-electron chi connectivity index (χ3n) is 4.08. The fraction of sp³-hybridized carbons (Fsp3) is 1.00. The van der Waals surface area contributed by atoms with Crippen LogP contribution in [0.1, 0.15) is 71.1 Å². The molecule has 116 valence electrons. The summed E-state index contributed by atoms with van der Waals surface area (Å²) in [5, 5.41) is 3.25. The first-order chi connectivity index (χ1) is 9.12. The molecule has 0 radical (unpaired) electrons. The van der Waals surface area contributed by atoms with Gasteiger partial charge in [-0.25, -0.2) is 0 Å². The molecule has 19 heavy (non-hydrogen) atoms. The number of quaternary nitrogens is 1. The lowest BCUT2D eigenvalue weighted by atomic mass is 10.1. The number of unbranched alkanes of at least 4 members (excludes halogenated alkanes) is 9. The number of hydrogen-bond acceptors (Lipinski definition) is 1. The molecule has 0 saturated heterocycles. The van der Waals surface area contributed by atoms with Crippen LogP contribution in [-0.4, -0.2) is 45.3 Å². The van der Waals surface area contributed by atoms with Gasteiger partial charge in [-0.3, -0.25) is 0 Å². The number of rotatable bonds is 14. The fourth-order valence-corrected chi connectivity index (χ4v) is 2.55. The van der Waals surface area contributed by atoms with Gasteiger partial charge in [0.15, 0.2) is 0 Å². The van der Waals surface area contributed by atoms with Gasteiger partial charge in [0.05, 0.1) is 27.2 Å². The zero-order valence-corrected chi connectivity index (χ0v) is 14.1. The van der Waals surface area contributed by atoms with Crippen molar-refractivity contribution in [2.24, 2.45) is 0 Å². The maximum atomic E-state index is 3.25. The Labute approximate surface area is 122 Å². The molecular formula is C17H39N2+. The molecule has 0 aromatic heterocycles. The van der Waals surface area contributed by atoms with Crippen LogP contribution in [0.15, 0.2) is 0 Å². The predicted octanol–water partition coefficient (Wildman–Crippen LogP) is 4.20. The number of likely N-dealkylation sites (N-methyl/N-ethyl adjacent to an activating group) is 2. The van der Waals surface area contributed by atoms with E-state index in [1.165, 1.54) is 77.3 Å². The minimum Gasteiger partial charge on any atom is -0.327 e. The van der Waals surface area contributed by atoms with Crippen molar-refractivity contribution in [2.45, 2.75) is 71.1 Å². The van der Waals surface area contributed by atoms with Crippen LogP contribution in [0.5, 0.6) is 0 Å². The average molecular weight is 272 g/mol. The number of nitrogens with zero attached hydrogens (tertiary/aromatic N) is 1. The largest absolute Gasteiger partial charge is 0.327 e. The van der Waals surface area contributed by atoms with Crippen molar-refractivity contribution in [3.8, 4) is 0 Å². The maximum absolute atomic E-state index is 3.25. The third-order valence-corrected chi connectivity index (χ3v) is 4.08. The van der Waals surface area contributed by atoms with E-state index in [2.05, 4.69) is 26.3 Å². The van der Waals surface area contributed by atoms with Gasteiger partial charge < -0.3 is 9.80 Å². The van der Waals surface area contributed by atoms with Crippen molar-refractivity contribution in [3.63, 3.8) is 0 Å². The Bertz CT molecular complexity index is 178. The highest BCUT2D eigenvalue weighted by Crippen LogP contribution is 2.11. The smallest absolute Gasteiger partial charge is 0.0909 e. The second kappa shape index (κ2) is 12.9. The molecular weight excluding hydrogens is 232 g/mol. The molecule has 0 aliphatic rings. The SMILES string of the molecule is CCCCCCCCCCCC[N+](C)(C)CCNC. The summed E-state index contributed by atoms with van der Waals surface area (Å²) in [6, 6.07) is 0. The van der Waals surface area contributed by atoms with Gasteiger partial charge in [-0.15, -0.1) is 0 Å². The van der Waals surface area contributed by atoms with Gasteiger partial charge in [0.2, 0.25) is 0 Å². The van der Waals surface area contributed by atoms with E-state index in [9.17, 15) is 0 Å². The molecule has 0 saturated carbocycles. The van der Waals surface area contributed by atoms with Gasteiger partial charge in [-0.2, -0.15) is 0 Å². The zero-order valence-electron chi connectivity index (χ0n) is 14.1. The van der Waals surface area contributed by atoms with E-state index in [1.54, 1.807) is 0 Å². The standard InChI is InChI=1S/C17H39N2/c1-5-6-7-8-9-10-11-12-13-14-16-19(3,4)17-15-18-2/h18H,5-17H2,1-4H3/q+1. The van der Waals surface area contributed by atoms with Gasteiger partial charge in [0.1, 0.15) is 0 Å². The Balaban J connectivity index is 3.21. The van der Waals surface area contributed by atoms with Crippen LogP contribution >= 0.6 is 0 Å². The highest BCUT2D eigenvalue weighted by atomic mass is 15.3. The van der Waals surface area contributed by atoms with E-state index in [1.807, 2.05) is 7.05 Å². The van der Waals surface area contributed by atoms with Gasteiger partial charge in [0.25, 0.3) is 0 Å². The van der Waals surface area contributed by atoms with Crippen molar-refractivity contribution in [1.29, 1.82) is 0 Å². The van der Waals surface area contributed by atoms with Gasteiger partial charge in [0, 0.05) is 6.54 Å². The molecule has 2 nitrogen and oxygen atoms in total. The average Bonchev–Trinajstić information content (AvgIpc) is 2.38. The van der Waals surface area contributed by atoms with Gasteiger partial charge in [-0.1, -0.05) is 58.3 Å². The quantitative estimate of drug-likeness (QED) is 0.369. The number of nitrogens with one attached hydrogen (secondary N) is 1. The first-order valence-corrected chi connectivity index (χ1v) is 8.59. The predicted molar refractivity (Wildman–Crippen MR) is 87.6 cm³/mol. The van der Waals surface area contributed by atoms with Crippen LogP contribution in [0.4, 0.5) is 0 Å². The van der Waals surface area contributed by atoms with Crippen LogP contribution < -0.4 is 5.32 Å². The molecule has 0 aromatic carbocycles. The molecule has 1 N–H and O–H groups in total. The molecule has 2 heteroatoms. The summed E-state index contributed by atoms with van der Waals surface area (Å²) in [6.45, 7) is 5.99. The fourth-order valence-electron chi connectivity index (χ4n) is 2.55. The van der Waals surface area contributed by atoms with Gasteiger partial charge in [-0.05, 0) is 19.9 Å². The molecule has 0 aromatic rings. The Hall–Kier alpha value is -0.0800. The number of hydrogen-bond donors (Lipinski definition) is 1. The molecule has 0 rings (SSSR count). The van der Waals surface area contributed by atoms with Crippen molar-refractivity contribution < 1.29 is 4.48 Å². The normalized spacial score (nSPS) is 12.0. The first-order valence-electron chi connectivity index (χ1n) is 8.59. The maximum Gasteiger partial charge on any atom is 0.0909 e. The lowest BCUT2D eigenvalue weighted by Crippen LogP contribution is -2.44. The zero-order chi connectivity index (χ0) is 14.4. The summed E-state index contributed by atoms with van der Waals surface area (Å²) in [5.41, 5.74) is 0. The Morgan fingerprint density at radius 2 is 1.16 bits per heavy atom. The van der Waals surface area contributed by atoms with E-state index in [4.69, 9.17) is 0 Å². The van der Waals surface area contributed by atoms with Crippen molar-refractivity contribution in [3.05, 3.63) is 0 Å². The molecule has 0 unspecified atom stereocenters. The van der Waals surface area contributed by atoms with E-state index in [-0.39, 0.29) is 0 Å². The molecule has 0 fully saturated rings. The van der Waals surface area contributed by atoms with Crippen LogP contribution in [-0.2, 0) is 0 Å². The second-order valence-corrected chi connectivity index (χ2v) is 6.67. The lowest BCUT2D eigenvalue weighted by Gasteiger charge is -2.29. The van der Waals surface area contributed by atoms with E-state index in [0.29, 0.717) is 0 Å². The summed E-state index contributed by atoms with van der Waals surface area (Å²) in [7, 11) is 6.75. The molecule has 0 bridgehead atoms. The Morgan fingerprint density at radius 3 is 1.63 bits per heavy atom. The van der Waals surface area contributed by atoms with Crippen molar-refractivity contribution in [2.75, 3.05) is 40.8 Å². The summed E-state index contributed by atoms with van der Waals surface area (Å²) >= 11 is 0. The summed E-state index contributed by atoms with van der Waals surface area (Å²) in [6.07, 6.45) is 14.3. The molecule has 0 spiro atoms. The van der Waals surface area contributed by atoms with Crippen LogP contribution in [0.3, 0.4) is 0 Å². The monoisotopic (exact) mass is 271 g/mol. The van der Waals surface area contributed by atoms with Crippen molar-refractivity contribution in [1.82, 2.24) is 5.32 Å². The molecule has 0 atom stereocenters. The Morgan fingerprint density at radius 1 is 0.684 bits per heavy atom. The topological polar surface area (TPSA) is 12.0 Å². The van der Waals surface area contributed by atoms with E-state index >= 15 is 0 Å². The van der Waals surface area contributed by atoms with E-state index < -0.39 is 0 Å². The third kappa shape index (κ3) is 14.1. The summed E-state index contributed by atoms with van der Waals surface area (Å²) in [5.74, 6) is 0. The van der Waals surface area contributed by atoms with Crippen LogP contribution in [0.2, 0.25) is 0 Å². The minimum absolute atomic E-state index is 1.13. The molecule has 0 aliphatic carbocycles. The molecule has 0 aliphatic heterocycles. The van der Waals surface area contributed by atoms with Gasteiger partial charge >= 0.3 is 0 Å². The van der Waals surface area contributed by atoms with Crippen LogP contribution in [0, 0.1) is 0 Å². The first kappa shape index (κ1) is 18.9. The van der Waals surface area contributed by atoms with Crippen molar-refractivity contribution >= 4 is 0 Å². The molecule has 0 heterocycles. The van der Waals surface area contributed by atoms with E-state index in [0.717, 1.165) is 11.0 Å². The minimum atomic E-state index is 1.13.